The average Bonchev–Trinajstić information content (AvgIpc) is 2.72. The molecule has 118 valence electrons. The largest absolute Gasteiger partial charge is 0.493 e. The summed E-state index contributed by atoms with van der Waals surface area (Å²) in [4.78, 5) is 0. The van der Waals surface area contributed by atoms with Gasteiger partial charge in [0.25, 0.3) is 0 Å². The molecule has 0 saturated carbocycles. The molecule has 7 heteroatoms. The van der Waals surface area contributed by atoms with Crippen molar-refractivity contribution in [3.05, 3.63) is 27.7 Å². The summed E-state index contributed by atoms with van der Waals surface area (Å²) in [6.07, 6.45) is 2.10. The zero-order chi connectivity index (χ0) is 15.7. The third kappa shape index (κ3) is 4.95. The maximum atomic E-state index is 11.3. The highest BCUT2D eigenvalue weighted by atomic mass is 79.9. The molecule has 0 amide bonds. The number of sulfonamides is 1. The molecule has 1 aromatic rings. The first-order chi connectivity index (χ1) is 9.66. The summed E-state index contributed by atoms with van der Waals surface area (Å²) < 4.78 is 32.0. The van der Waals surface area contributed by atoms with Crippen LogP contribution in [0.5, 0.6) is 5.75 Å². The van der Waals surface area contributed by atoms with Crippen molar-refractivity contribution in [1.82, 2.24) is 10.0 Å². The Morgan fingerprint density at radius 2 is 2.10 bits per heavy atom. The molecule has 1 aliphatic heterocycles. The molecule has 21 heavy (non-hydrogen) atoms. The van der Waals surface area contributed by atoms with E-state index in [9.17, 15) is 8.42 Å². The van der Waals surface area contributed by atoms with Crippen LogP contribution in [-0.4, -0.2) is 33.4 Å². The Balaban J connectivity index is 1.98. The van der Waals surface area contributed by atoms with E-state index in [2.05, 4.69) is 32.0 Å². The highest BCUT2D eigenvalue weighted by molar-refractivity contribution is 9.10. The minimum atomic E-state index is -3.22. The molecule has 0 bridgehead atoms. The summed E-state index contributed by atoms with van der Waals surface area (Å²) >= 11 is 3.51. The number of hydrogen-bond acceptors (Lipinski definition) is 4. The first-order valence-electron chi connectivity index (χ1n) is 6.80. The van der Waals surface area contributed by atoms with E-state index in [1.807, 2.05) is 19.9 Å². The van der Waals surface area contributed by atoms with Gasteiger partial charge >= 0.3 is 0 Å². The van der Waals surface area contributed by atoms with Gasteiger partial charge in [0.15, 0.2) is 0 Å². The van der Waals surface area contributed by atoms with E-state index in [0.717, 1.165) is 28.8 Å². The van der Waals surface area contributed by atoms with Crippen molar-refractivity contribution in [2.24, 2.45) is 0 Å². The lowest BCUT2D eigenvalue weighted by Crippen LogP contribution is -2.49. The van der Waals surface area contributed by atoms with Crippen LogP contribution in [0.4, 0.5) is 0 Å². The van der Waals surface area contributed by atoms with Crippen LogP contribution in [-0.2, 0) is 23.0 Å². The SMILES string of the molecule is CC(C)(CNCc1cc(Br)cc2c1OCC2)NS(C)(=O)=O. The van der Waals surface area contributed by atoms with Gasteiger partial charge in [-0.1, -0.05) is 15.9 Å². The molecule has 0 aromatic heterocycles. The fourth-order valence-electron chi connectivity index (χ4n) is 2.52. The van der Waals surface area contributed by atoms with Crippen LogP contribution in [0.25, 0.3) is 0 Å². The highest BCUT2D eigenvalue weighted by Crippen LogP contribution is 2.32. The number of benzene rings is 1. The van der Waals surface area contributed by atoms with Crippen molar-refractivity contribution in [3.63, 3.8) is 0 Å². The lowest BCUT2D eigenvalue weighted by atomic mass is 10.1. The van der Waals surface area contributed by atoms with Gasteiger partial charge in [0.2, 0.25) is 10.0 Å². The van der Waals surface area contributed by atoms with Gasteiger partial charge in [-0.15, -0.1) is 0 Å². The number of ether oxygens (including phenoxy) is 1. The van der Waals surface area contributed by atoms with Crippen molar-refractivity contribution < 1.29 is 13.2 Å². The molecule has 0 radical (unpaired) electrons. The second-order valence-corrected chi connectivity index (χ2v) is 8.68. The van der Waals surface area contributed by atoms with Crippen molar-refractivity contribution in [1.29, 1.82) is 0 Å². The Bertz CT molecular complexity index is 629. The van der Waals surface area contributed by atoms with Crippen molar-refractivity contribution in [2.75, 3.05) is 19.4 Å². The summed E-state index contributed by atoms with van der Waals surface area (Å²) in [6.45, 7) is 5.59. The van der Waals surface area contributed by atoms with Crippen LogP contribution < -0.4 is 14.8 Å². The van der Waals surface area contributed by atoms with Crippen molar-refractivity contribution >= 4 is 26.0 Å². The van der Waals surface area contributed by atoms with Crippen LogP contribution in [0.1, 0.15) is 25.0 Å². The van der Waals surface area contributed by atoms with Crippen LogP contribution in [0.2, 0.25) is 0 Å². The number of nitrogens with one attached hydrogen (secondary N) is 2. The summed E-state index contributed by atoms with van der Waals surface area (Å²) in [7, 11) is -3.22. The van der Waals surface area contributed by atoms with E-state index in [0.29, 0.717) is 13.1 Å². The Labute approximate surface area is 134 Å². The molecular weight excluding hydrogens is 356 g/mol. The molecular formula is C14H21BrN2O3S. The van der Waals surface area contributed by atoms with Gasteiger partial charge in [-0.25, -0.2) is 13.1 Å². The van der Waals surface area contributed by atoms with Gasteiger partial charge in [0, 0.05) is 35.1 Å². The zero-order valence-electron chi connectivity index (χ0n) is 12.5. The molecule has 0 atom stereocenters. The van der Waals surface area contributed by atoms with Crippen LogP contribution >= 0.6 is 15.9 Å². The molecule has 0 fully saturated rings. The predicted octanol–water partition coefficient (Wildman–Crippen LogP) is 1.80. The Morgan fingerprint density at radius 3 is 2.76 bits per heavy atom. The topological polar surface area (TPSA) is 67.4 Å². The van der Waals surface area contributed by atoms with E-state index < -0.39 is 15.6 Å². The Morgan fingerprint density at radius 1 is 1.38 bits per heavy atom. The normalized spacial score (nSPS) is 14.9. The third-order valence-corrected chi connectivity index (χ3v) is 4.55. The smallest absolute Gasteiger partial charge is 0.209 e. The second-order valence-electron chi connectivity index (χ2n) is 6.01. The van der Waals surface area contributed by atoms with E-state index in [1.54, 1.807) is 0 Å². The Kier molecular flexibility index (Phi) is 4.97. The van der Waals surface area contributed by atoms with E-state index in [-0.39, 0.29) is 0 Å². The molecule has 2 rings (SSSR count). The van der Waals surface area contributed by atoms with E-state index >= 15 is 0 Å². The monoisotopic (exact) mass is 376 g/mol. The summed E-state index contributed by atoms with van der Waals surface area (Å²) in [6, 6.07) is 4.12. The standard InChI is InChI=1S/C14H21BrN2O3S/c1-14(2,17-21(3,18)19)9-16-8-11-7-12(15)6-10-4-5-20-13(10)11/h6-7,16-17H,4-5,8-9H2,1-3H3. The van der Waals surface area contributed by atoms with Gasteiger partial charge in [-0.3, -0.25) is 0 Å². The highest BCUT2D eigenvalue weighted by Gasteiger charge is 2.22. The predicted molar refractivity (Wildman–Crippen MR) is 87.1 cm³/mol. The van der Waals surface area contributed by atoms with Gasteiger partial charge in [0.05, 0.1) is 12.9 Å². The van der Waals surface area contributed by atoms with Crippen molar-refractivity contribution in [3.8, 4) is 5.75 Å². The maximum absolute atomic E-state index is 11.3. The first kappa shape index (κ1) is 16.7. The van der Waals surface area contributed by atoms with Gasteiger partial charge in [-0.05, 0) is 31.5 Å². The quantitative estimate of drug-likeness (QED) is 0.794. The Hall–Kier alpha value is -0.630. The maximum Gasteiger partial charge on any atom is 0.209 e. The van der Waals surface area contributed by atoms with Crippen LogP contribution in [0.15, 0.2) is 16.6 Å². The minimum Gasteiger partial charge on any atom is -0.493 e. The third-order valence-electron chi connectivity index (χ3n) is 3.17. The summed E-state index contributed by atoms with van der Waals surface area (Å²) in [5, 5.41) is 3.29. The lowest BCUT2D eigenvalue weighted by Gasteiger charge is -2.25. The van der Waals surface area contributed by atoms with E-state index in [4.69, 9.17) is 4.74 Å². The first-order valence-corrected chi connectivity index (χ1v) is 9.48. The molecule has 0 unspecified atom stereocenters. The van der Waals surface area contributed by atoms with E-state index in [1.165, 1.54) is 11.8 Å². The fourth-order valence-corrected chi connectivity index (χ4v) is 4.15. The molecule has 0 aliphatic carbocycles. The molecule has 0 saturated heterocycles. The second kappa shape index (κ2) is 6.24. The molecule has 1 aromatic carbocycles. The van der Waals surface area contributed by atoms with Crippen LogP contribution in [0.3, 0.4) is 0 Å². The number of hydrogen-bond donors (Lipinski definition) is 2. The summed E-state index contributed by atoms with van der Waals surface area (Å²) in [5.74, 6) is 0.958. The fraction of sp³-hybridized carbons (Fsp3) is 0.571. The van der Waals surface area contributed by atoms with Gasteiger partial charge < -0.3 is 10.1 Å². The molecule has 1 heterocycles. The average molecular weight is 377 g/mol. The molecule has 5 nitrogen and oxygen atoms in total. The van der Waals surface area contributed by atoms with Gasteiger partial charge in [0.1, 0.15) is 5.75 Å². The van der Waals surface area contributed by atoms with Crippen molar-refractivity contribution in [2.45, 2.75) is 32.4 Å². The number of rotatable bonds is 6. The molecule has 2 N–H and O–H groups in total. The van der Waals surface area contributed by atoms with Gasteiger partial charge in [-0.2, -0.15) is 0 Å². The minimum absolute atomic E-state index is 0.529. The lowest BCUT2D eigenvalue weighted by molar-refractivity contribution is 0.350. The molecule has 0 spiro atoms. The summed E-state index contributed by atoms with van der Waals surface area (Å²) in [5.41, 5.74) is 1.77. The number of fused-ring (bicyclic) bond motifs is 1. The molecule has 1 aliphatic rings. The zero-order valence-corrected chi connectivity index (χ0v) is 14.9. The number of halogens is 1. The van der Waals surface area contributed by atoms with Crippen LogP contribution in [0, 0.1) is 0 Å².